The van der Waals surface area contributed by atoms with E-state index in [9.17, 15) is 0 Å². The maximum atomic E-state index is 5.98. The highest BCUT2D eigenvalue weighted by Gasteiger charge is 2.32. The molecule has 28 heavy (non-hydrogen) atoms. The molecule has 0 spiro atoms. The number of morpholine rings is 1. The molecular weight excluding hydrogens is 356 g/mol. The van der Waals surface area contributed by atoms with Crippen LogP contribution < -0.4 is 10.1 Å². The molecule has 1 aromatic rings. The van der Waals surface area contributed by atoms with E-state index in [2.05, 4.69) is 22.1 Å². The van der Waals surface area contributed by atoms with E-state index in [1.54, 1.807) is 0 Å². The molecule has 4 rings (SSSR count). The molecule has 2 unspecified atom stereocenters. The maximum Gasteiger partial charge on any atom is 0.213 e. The SMILES string of the molecule is CCNC(=NCc1ccnc(OCC2CC2)c1)N1CCOC(C2CCCO2)C1. The third-order valence-corrected chi connectivity index (χ3v) is 5.48. The Kier molecular flexibility index (Phi) is 6.65. The summed E-state index contributed by atoms with van der Waals surface area (Å²) in [5.41, 5.74) is 1.11. The van der Waals surface area contributed by atoms with E-state index in [-0.39, 0.29) is 12.2 Å². The molecule has 2 saturated heterocycles. The van der Waals surface area contributed by atoms with E-state index in [0.29, 0.717) is 19.0 Å². The van der Waals surface area contributed by atoms with Crippen molar-refractivity contribution in [3.63, 3.8) is 0 Å². The number of hydrogen-bond donors (Lipinski definition) is 1. The standard InChI is InChI=1S/C21H32N4O3/c1-2-22-21(25-9-11-27-19(14-25)18-4-3-10-26-18)24-13-17-7-8-23-20(12-17)28-15-16-5-6-16/h7-8,12,16,18-19H,2-6,9-11,13-15H2,1H3,(H,22,24). The van der Waals surface area contributed by atoms with Crippen molar-refractivity contribution in [3.05, 3.63) is 23.9 Å². The molecule has 0 aromatic carbocycles. The number of pyridine rings is 1. The van der Waals surface area contributed by atoms with Crippen LogP contribution in [0.1, 0.15) is 38.2 Å². The number of aromatic nitrogens is 1. The highest BCUT2D eigenvalue weighted by molar-refractivity contribution is 5.80. The Balaban J connectivity index is 1.37. The van der Waals surface area contributed by atoms with Gasteiger partial charge in [-0.2, -0.15) is 0 Å². The predicted octanol–water partition coefficient (Wildman–Crippen LogP) is 2.22. The van der Waals surface area contributed by atoms with Gasteiger partial charge in [-0.3, -0.25) is 0 Å². The normalized spacial score (nSPS) is 25.8. The van der Waals surface area contributed by atoms with Gasteiger partial charge in [0.15, 0.2) is 5.96 Å². The topological polar surface area (TPSA) is 68.2 Å². The van der Waals surface area contributed by atoms with Gasteiger partial charge < -0.3 is 24.4 Å². The van der Waals surface area contributed by atoms with Crippen LogP contribution in [0.4, 0.5) is 0 Å². The van der Waals surface area contributed by atoms with E-state index >= 15 is 0 Å². The van der Waals surface area contributed by atoms with Gasteiger partial charge in [0.25, 0.3) is 0 Å². The van der Waals surface area contributed by atoms with E-state index in [1.807, 2.05) is 18.3 Å². The molecule has 1 aromatic heterocycles. The maximum absolute atomic E-state index is 5.98. The zero-order chi connectivity index (χ0) is 19.2. The van der Waals surface area contributed by atoms with Gasteiger partial charge in [0.1, 0.15) is 6.10 Å². The van der Waals surface area contributed by atoms with Crippen molar-refractivity contribution in [2.45, 2.75) is 51.4 Å². The lowest BCUT2D eigenvalue weighted by atomic mass is 10.1. The molecule has 1 aliphatic carbocycles. The summed E-state index contributed by atoms with van der Waals surface area (Å²) in [6.07, 6.45) is 6.94. The quantitative estimate of drug-likeness (QED) is 0.571. The summed E-state index contributed by atoms with van der Waals surface area (Å²) >= 11 is 0. The molecule has 3 fully saturated rings. The van der Waals surface area contributed by atoms with Gasteiger partial charge in [-0.25, -0.2) is 9.98 Å². The molecule has 0 amide bonds. The highest BCUT2D eigenvalue weighted by Crippen LogP contribution is 2.29. The Hall–Kier alpha value is -1.86. The summed E-state index contributed by atoms with van der Waals surface area (Å²) in [5.74, 6) is 2.36. The second-order valence-electron chi connectivity index (χ2n) is 7.83. The Bertz CT molecular complexity index is 659. The van der Waals surface area contributed by atoms with Crippen LogP contribution in [0.2, 0.25) is 0 Å². The van der Waals surface area contributed by atoms with Gasteiger partial charge in [0.05, 0.1) is 25.9 Å². The lowest BCUT2D eigenvalue weighted by molar-refractivity contribution is -0.0817. The number of rotatable bonds is 7. The number of nitrogens with zero attached hydrogens (tertiary/aromatic N) is 3. The fourth-order valence-electron chi connectivity index (χ4n) is 3.70. The van der Waals surface area contributed by atoms with Crippen LogP contribution in [0.3, 0.4) is 0 Å². The number of ether oxygens (including phenoxy) is 3. The first kappa shape index (κ1) is 19.5. The number of guanidine groups is 1. The van der Waals surface area contributed by atoms with Crippen molar-refractivity contribution in [3.8, 4) is 5.88 Å². The summed E-state index contributed by atoms with van der Waals surface area (Å²) in [5, 5.41) is 3.43. The molecule has 2 aliphatic heterocycles. The second kappa shape index (κ2) is 9.56. The summed E-state index contributed by atoms with van der Waals surface area (Å²) in [7, 11) is 0. The van der Waals surface area contributed by atoms with Crippen LogP contribution >= 0.6 is 0 Å². The summed E-state index contributed by atoms with van der Waals surface area (Å²) < 4.78 is 17.6. The van der Waals surface area contributed by atoms with Crippen molar-refractivity contribution in [2.75, 3.05) is 39.5 Å². The number of nitrogens with one attached hydrogen (secondary N) is 1. The van der Waals surface area contributed by atoms with E-state index in [1.165, 1.54) is 12.8 Å². The minimum Gasteiger partial charge on any atom is -0.477 e. The zero-order valence-electron chi connectivity index (χ0n) is 16.8. The van der Waals surface area contributed by atoms with Crippen LogP contribution in [0.25, 0.3) is 0 Å². The summed E-state index contributed by atoms with van der Waals surface area (Å²) in [4.78, 5) is 11.5. The zero-order valence-corrected chi connectivity index (χ0v) is 16.8. The van der Waals surface area contributed by atoms with Gasteiger partial charge in [-0.15, -0.1) is 0 Å². The minimum atomic E-state index is 0.128. The Labute approximate surface area is 167 Å². The molecule has 154 valence electrons. The molecular formula is C21H32N4O3. The monoisotopic (exact) mass is 388 g/mol. The molecule has 2 atom stereocenters. The molecule has 1 saturated carbocycles. The first-order valence-electron chi connectivity index (χ1n) is 10.7. The molecule has 0 radical (unpaired) electrons. The van der Waals surface area contributed by atoms with Crippen LogP contribution in [-0.2, 0) is 16.0 Å². The molecule has 0 bridgehead atoms. The largest absolute Gasteiger partial charge is 0.477 e. The average Bonchev–Trinajstić information content (AvgIpc) is 3.40. The number of hydrogen-bond acceptors (Lipinski definition) is 5. The number of aliphatic imine (C=N–C) groups is 1. The molecule has 1 N–H and O–H groups in total. The molecule has 3 aliphatic rings. The predicted molar refractivity (Wildman–Crippen MR) is 108 cm³/mol. The van der Waals surface area contributed by atoms with Crippen molar-refractivity contribution in [2.24, 2.45) is 10.9 Å². The second-order valence-corrected chi connectivity index (χ2v) is 7.83. The van der Waals surface area contributed by atoms with Crippen molar-refractivity contribution < 1.29 is 14.2 Å². The van der Waals surface area contributed by atoms with Crippen LogP contribution in [0, 0.1) is 5.92 Å². The first-order valence-corrected chi connectivity index (χ1v) is 10.7. The van der Waals surface area contributed by atoms with Crippen LogP contribution in [0.15, 0.2) is 23.3 Å². The van der Waals surface area contributed by atoms with Gasteiger partial charge in [-0.05, 0) is 50.2 Å². The summed E-state index contributed by atoms with van der Waals surface area (Å²) in [6.45, 7) is 7.56. The minimum absolute atomic E-state index is 0.128. The lowest BCUT2D eigenvalue weighted by Crippen LogP contribution is -2.53. The summed E-state index contributed by atoms with van der Waals surface area (Å²) in [6, 6.07) is 4.01. The molecule has 7 heteroatoms. The smallest absolute Gasteiger partial charge is 0.213 e. The van der Waals surface area contributed by atoms with Gasteiger partial charge >= 0.3 is 0 Å². The first-order chi connectivity index (χ1) is 13.8. The van der Waals surface area contributed by atoms with Gasteiger partial charge in [0, 0.05) is 38.5 Å². The van der Waals surface area contributed by atoms with Crippen molar-refractivity contribution in [1.29, 1.82) is 0 Å². The third kappa shape index (κ3) is 5.35. The molecule has 3 heterocycles. The van der Waals surface area contributed by atoms with Gasteiger partial charge in [0.2, 0.25) is 5.88 Å². The van der Waals surface area contributed by atoms with Gasteiger partial charge in [-0.1, -0.05) is 0 Å². The lowest BCUT2D eigenvalue weighted by Gasteiger charge is -2.37. The molecule has 7 nitrogen and oxygen atoms in total. The fourth-order valence-corrected chi connectivity index (χ4v) is 3.70. The Morgan fingerprint density at radius 1 is 1.29 bits per heavy atom. The van der Waals surface area contributed by atoms with Crippen LogP contribution in [0.5, 0.6) is 5.88 Å². The van der Waals surface area contributed by atoms with E-state index in [0.717, 1.165) is 63.1 Å². The third-order valence-electron chi connectivity index (χ3n) is 5.48. The highest BCUT2D eigenvalue weighted by atomic mass is 16.5. The van der Waals surface area contributed by atoms with E-state index in [4.69, 9.17) is 19.2 Å². The average molecular weight is 389 g/mol. The van der Waals surface area contributed by atoms with Crippen molar-refractivity contribution in [1.82, 2.24) is 15.2 Å². The Morgan fingerprint density at radius 2 is 2.18 bits per heavy atom. The van der Waals surface area contributed by atoms with Crippen molar-refractivity contribution >= 4 is 5.96 Å². The Morgan fingerprint density at radius 3 is 2.96 bits per heavy atom. The van der Waals surface area contributed by atoms with E-state index < -0.39 is 0 Å². The fraction of sp³-hybridized carbons (Fsp3) is 0.714. The van der Waals surface area contributed by atoms with Crippen LogP contribution in [-0.4, -0.2) is 67.5 Å².